The molecule has 0 aliphatic carbocycles. The summed E-state index contributed by atoms with van der Waals surface area (Å²) in [5, 5.41) is 8.78. The first kappa shape index (κ1) is 24.4. The van der Waals surface area contributed by atoms with Gasteiger partial charge in [-0.15, -0.1) is 11.8 Å². The Kier molecular flexibility index (Phi) is 9.23. The van der Waals surface area contributed by atoms with E-state index in [1.165, 1.54) is 27.8 Å². The van der Waals surface area contributed by atoms with E-state index in [1.54, 1.807) is 11.8 Å². The average molecular weight is 558 g/mol. The van der Waals surface area contributed by atoms with Crippen LogP contribution in [0, 0.1) is 3.57 Å². The highest BCUT2D eigenvalue weighted by Gasteiger charge is 2.09. The summed E-state index contributed by atoms with van der Waals surface area (Å²) in [6, 6.07) is 23.3. The van der Waals surface area contributed by atoms with Crippen LogP contribution in [-0.4, -0.2) is 23.4 Å². The lowest BCUT2D eigenvalue weighted by molar-refractivity contribution is -0.139. The van der Waals surface area contributed by atoms with Crippen LogP contribution in [-0.2, 0) is 17.6 Å². The third-order valence-electron chi connectivity index (χ3n) is 5.08. The molecule has 0 atom stereocenters. The summed E-state index contributed by atoms with van der Waals surface area (Å²) in [6.07, 6.45) is 4.33. The Labute approximate surface area is 208 Å². The average Bonchev–Trinajstić information content (AvgIpc) is 2.81. The number of hydrogen-bond donors (Lipinski definition) is 1. The van der Waals surface area contributed by atoms with Gasteiger partial charge >= 0.3 is 5.97 Å². The number of carboxylic acid groups (broad SMARTS) is 1. The highest BCUT2D eigenvalue weighted by atomic mass is 127. The predicted octanol–water partition coefficient (Wildman–Crippen LogP) is 7.10. The summed E-state index contributed by atoms with van der Waals surface area (Å²) in [6.45, 7) is 4.03. The zero-order valence-corrected chi connectivity index (χ0v) is 21.3. The molecule has 5 heteroatoms. The van der Waals surface area contributed by atoms with E-state index in [1.807, 2.05) is 18.2 Å². The predicted molar refractivity (Wildman–Crippen MR) is 142 cm³/mol. The maximum atomic E-state index is 10.7. The number of carbonyl (C=O) groups is 1. The first-order valence-corrected chi connectivity index (χ1v) is 12.7. The molecule has 0 spiro atoms. The van der Waals surface area contributed by atoms with E-state index in [4.69, 9.17) is 9.84 Å². The Bertz CT molecular complexity index is 1060. The van der Waals surface area contributed by atoms with Gasteiger partial charge in [0.2, 0.25) is 0 Å². The molecule has 0 saturated carbocycles. The van der Waals surface area contributed by atoms with Gasteiger partial charge in [0.05, 0.1) is 0 Å². The highest BCUT2D eigenvalue weighted by molar-refractivity contribution is 14.1. The fourth-order valence-electron chi connectivity index (χ4n) is 3.37. The molecule has 32 heavy (non-hydrogen) atoms. The van der Waals surface area contributed by atoms with Crippen LogP contribution < -0.4 is 4.74 Å². The van der Waals surface area contributed by atoms with Crippen LogP contribution in [0.15, 0.2) is 77.7 Å². The van der Waals surface area contributed by atoms with Crippen molar-refractivity contribution in [1.29, 1.82) is 0 Å². The largest absolute Gasteiger partial charge is 0.482 e. The van der Waals surface area contributed by atoms with Crippen molar-refractivity contribution < 1.29 is 14.6 Å². The number of carboxylic acids is 1. The molecule has 166 valence electrons. The lowest BCUT2D eigenvalue weighted by Gasteiger charge is -2.12. The van der Waals surface area contributed by atoms with E-state index in [0.717, 1.165) is 27.1 Å². The van der Waals surface area contributed by atoms with Gasteiger partial charge in [0.1, 0.15) is 5.75 Å². The van der Waals surface area contributed by atoms with Gasteiger partial charge in [-0.25, -0.2) is 4.79 Å². The molecule has 0 saturated heterocycles. The Morgan fingerprint density at radius 3 is 2.12 bits per heavy atom. The molecule has 0 amide bonds. The molecule has 3 nitrogen and oxygen atoms in total. The molecule has 0 aliphatic rings. The van der Waals surface area contributed by atoms with Crippen molar-refractivity contribution in [1.82, 2.24) is 0 Å². The van der Waals surface area contributed by atoms with Gasteiger partial charge in [-0.1, -0.05) is 68.5 Å². The van der Waals surface area contributed by atoms with E-state index in [9.17, 15) is 4.79 Å². The van der Waals surface area contributed by atoms with Crippen molar-refractivity contribution in [3.63, 3.8) is 0 Å². The fraction of sp³-hybridized carbons (Fsp3) is 0.222. The summed E-state index contributed by atoms with van der Waals surface area (Å²) in [7, 11) is 0. The number of aryl methyl sites for hydroxylation is 2. The molecule has 0 bridgehead atoms. The number of ether oxygens (including phenoxy) is 1. The van der Waals surface area contributed by atoms with Crippen molar-refractivity contribution >= 4 is 45.9 Å². The van der Waals surface area contributed by atoms with Crippen LogP contribution in [0.2, 0.25) is 0 Å². The molecule has 0 heterocycles. The second kappa shape index (κ2) is 12.1. The molecule has 0 aromatic heterocycles. The minimum absolute atomic E-state index is 0.331. The first-order chi connectivity index (χ1) is 15.5. The summed E-state index contributed by atoms with van der Waals surface area (Å²) in [5.41, 5.74) is 6.40. The number of benzene rings is 3. The third-order valence-corrected chi connectivity index (χ3v) is 7.34. The summed E-state index contributed by atoms with van der Waals surface area (Å²) in [5.74, 6) is 0.424. The summed E-state index contributed by atoms with van der Waals surface area (Å²) in [4.78, 5) is 11.9. The Morgan fingerprint density at radius 2 is 1.59 bits per heavy atom. The molecule has 0 radical (unpaired) electrons. The second-order valence-electron chi connectivity index (χ2n) is 7.31. The van der Waals surface area contributed by atoms with Gasteiger partial charge in [-0.05, 0) is 81.5 Å². The van der Waals surface area contributed by atoms with Gasteiger partial charge in [0.25, 0.3) is 0 Å². The SMILES string of the molecule is CCc1cccc(C(=CCSc2ccc(OCC(=O)O)cc2I)c2cccc(CC)c2)c1. The Hall–Kier alpha value is -2.25. The lowest BCUT2D eigenvalue weighted by Crippen LogP contribution is -2.09. The standard InChI is InChI=1S/C27H27IO3S/c1-3-19-7-5-9-21(15-19)24(22-10-6-8-20(4-2)16-22)13-14-32-26-12-11-23(17-25(26)28)31-18-27(29)30/h5-13,15-17H,3-4,14,18H2,1-2H3,(H,29,30). The topological polar surface area (TPSA) is 46.5 Å². The lowest BCUT2D eigenvalue weighted by atomic mass is 9.94. The van der Waals surface area contributed by atoms with E-state index in [-0.39, 0.29) is 6.61 Å². The quantitative estimate of drug-likeness (QED) is 0.213. The van der Waals surface area contributed by atoms with Crippen LogP contribution in [0.3, 0.4) is 0 Å². The van der Waals surface area contributed by atoms with Gasteiger partial charge in [-0.3, -0.25) is 0 Å². The number of aliphatic carboxylic acids is 1. The Morgan fingerprint density at radius 1 is 0.969 bits per heavy atom. The van der Waals surface area contributed by atoms with Crippen molar-refractivity contribution in [2.24, 2.45) is 0 Å². The minimum Gasteiger partial charge on any atom is -0.482 e. The molecule has 0 unspecified atom stereocenters. The minimum atomic E-state index is -0.976. The first-order valence-electron chi connectivity index (χ1n) is 10.7. The molecule has 3 aromatic rings. The zero-order chi connectivity index (χ0) is 22.9. The number of halogens is 1. The summed E-state index contributed by atoms with van der Waals surface area (Å²) < 4.78 is 6.33. The highest BCUT2D eigenvalue weighted by Crippen LogP contribution is 2.31. The van der Waals surface area contributed by atoms with Crippen LogP contribution in [0.4, 0.5) is 0 Å². The molecular weight excluding hydrogens is 531 g/mol. The van der Waals surface area contributed by atoms with Crippen molar-refractivity contribution in [3.05, 3.63) is 98.6 Å². The van der Waals surface area contributed by atoms with E-state index >= 15 is 0 Å². The molecule has 1 N–H and O–H groups in total. The van der Waals surface area contributed by atoms with Gasteiger partial charge in [0.15, 0.2) is 6.61 Å². The fourth-order valence-corrected chi connectivity index (χ4v) is 5.11. The monoisotopic (exact) mass is 558 g/mol. The number of hydrogen-bond acceptors (Lipinski definition) is 3. The van der Waals surface area contributed by atoms with Crippen molar-refractivity contribution in [2.75, 3.05) is 12.4 Å². The number of thioether (sulfide) groups is 1. The molecule has 3 aromatic carbocycles. The number of rotatable bonds is 10. The van der Waals surface area contributed by atoms with Crippen LogP contribution in [0.25, 0.3) is 5.57 Å². The van der Waals surface area contributed by atoms with Crippen LogP contribution in [0.1, 0.15) is 36.1 Å². The van der Waals surface area contributed by atoms with Gasteiger partial charge in [0, 0.05) is 14.2 Å². The smallest absolute Gasteiger partial charge is 0.341 e. The summed E-state index contributed by atoms with van der Waals surface area (Å²) >= 11 is 4.03. The zero-order valence-electron chi connectivity index (χ0n) is 18.3. The van der Waals surface area contributed by atoms with Crippen molar-refractivity contribution in [3.8, 4) is 5.75 Å². The second-order valence-corrected chi connectivity index (χ2v) is 9.54. The van der Waals surface area contributed by atoms with Gasteiger partial charge < -0.3 is 9.84 Å². The molecule has 0 fully saturated rings. The van der Waals surface area contributed by atoms with E-state index in [0.29, 0.717) is 5.75 Å². The van der Waals surface area contributed by atoms with E-state index in [2.05, 4.69) is 91.0 Å². The normalized spacial score (nSPS) is 10.6. The molecule has 3 rings (SSSR count). The Balaban J connectivity index is 1.84. The molecule has 0 aliphatic heterocycles. The van der Waals surface area contributed by atoms with Gasteiger partial charge in [-0.2, -0.15) is 0 Å². The van der Waals surface area contributed by atoms with Crippen molar-refractivity contribution in [2.45, 2.75) is 31.6 Å². The maximum Gasteiger partial charge on any atom is 0.341 e. The third kappa shape index (κ3) is 6.87. The molecular formula is C27H27IO3S. The van der Waals surface area contributed by atoms with Crippen LogP contribution >= 0.6 is 34.4 Å². The van der Waals surface area contributed by atoms with Crippen LogP contribution in [0.5, 0.6) is 5.75 Å². The van der Waals surface area contributed by atoms with E-state index < -0.39 is 5.97 Å². The maximum absolute atomic E-state index is 10.7.